The highest BCUT2D eigenvalue weighted by molar-refractivity contribution is 7.98. The zero-order valence-corrected chi connectivity index (χ0v) is 11.3. The molecule has 0 aromatic heterocycles. The summed E-state index contributed by atoms with van der Waals surface area (Å²) in [5, 5.41) is 11.4. The zero-order chi connectivity index (χ0) is 13.3. The molecule has 2 atom stereocenters. The standard InChI is InChI=1S/C11H22N2O3S/c1-3-4-8(7-10(14)15)13-11(16)9(12)5-6-17-2/h8-9H,3-7,12H2,1-2H3,(H,13,16)(H,14,15)/t8?,9-/m0/s1. The van der Waals surface area contributed by atoms with Crippen LogP contribution in [-0.2, 0) is 9.59 Å². The van der Waals surface area contributed by atoms with E-state index in [9.17, 15) is 9.59 Å². The van der Waals surface area contributed by atoms with Crippen LogP contribution in [0.2, 0.25) is 0 Å². The Morgan fingerprint density at radius 1 is 1.41 bits per heavy atom. The molecule has 0 heterocycles. The zero-order valence-electron chi connectivity index (χ0n) is 10.4. The van der Waals surface area contributed by atoms with Gasteiger partial charge in [-0.05, 0) is 24.9 Å². The van der Waals surface area contributed by atoms with Gasteiger partial charge in [0.1, 0.15) is 0 Å². The van der Waals surface area contributed by atoms with E-state index in [2.05, 4.69) is 5.32 Å². The van der Waals surface area contributed by atoms with Gasteiger partial charge in [-0.15, -0.1) is 0 Å². The fourth-order valence-electron chi connectivity index (χ4n) is 1.47. The molecule has 17 heavy (non-hydrogen) atoms. The van der Waals surface area contributed by atoms with Crippen LogP contribution in [0.1, 0.15) is 32.6 Å². The van der Waals surface area contributed by atoms with E-state index < -0.39 is 12.0 Å². The first kappa shape index (κ1) is 16.2. The minimum atomic E-state index is -0.901. The minimum absolute atomic E-state index is 0.0468. The molecule has 0 saturated heterocycles. The molecule has 0 rings (SSSR count). The van der Waals surface area contributed by atoms with Crippen LogP contribution in [0, 0.1) is 0 Å². The van der Waals surface area contributed by atoms with E-state index >= 15 is 0 Å². The number of nitrogens with one attached hydrogen (secondary N) is 1. The molecule has 6 heteroatoms. The Bertz CT molecular complexity index is 249. The summed E-state index contributed by atoms with van der Waals surface area (Å²) in [7, 11) is 0. The molecule has 0 aromatic carbocycles. The topological polar surface area (TPSA) is 92.4 Å². The Labute approximate surface area is 107 Å². The number of nitrogens with two attached hydrogens (primary N) is 1. The number of thioether (sulfide) groups is 1. The maximum Gasteiger partial charge on any atom is 0.305 e. The molecule has 0 aliphatic carbocycles. The number of amides is 1. The van der Waals surface area contributed by atoms with Crippen molar-refractivity contribution >= 4 is 23.6 Å². The monoisotopic (exact) mass is 262 g/mol. The van der Waals surface area contributed by atoms with Crippen LogP contribution in [-0.4, -0.2) is 41.1 Å². The molecule has 4 N–H and O–H groups in total. The first-order valence-corrected chi connectivity index (χ1v) is 7.17. The molecule has 1 unspecified atom stereocenters. The van der Waals surface area contributed by atoms with E-state index in [4.69, 9.17) is 10.8 Å². The van der Waals surface area contributed by atoms with Gasteiger partial charge >= 0.3 is 5.97 Å². The Hall–Kier alpha value is -0.750. The van der Waals surface area contributed by atoms with Crippen molar-refractivity contribution < 1.29 is 14.7 Å². The summed E-state index contributed by atoms with van der Waals surface area (Å²) in [5.41, 5.74) is 5.71. The van der Waals surface area contributed by atoms with Gasteiger partial charge in [0.15, 0.2) is 0 Å². The lowest BCUT2D eigenvalue weighted by atomic mass is 10.1. The van der Waals surface area contributed by atoms with E-state index in [1.54, 1.807) is 11.8 Å². The molecular formula is C11H22N2O3S. The highest BCUT2D eigenvalue weighted by Crippen LogP contribution is 2.04. The second-order valence-corrected chi connectivity index (χ2v) is 4.97. The third-order valence-corrected chi connectivity index (χ3v) is 3.02. The van der Waals surface area contributed by atoms with Gasteiger partial charge in [-0.25, -0.2) is 0 Å². The molecule has 0 aromatic rings. The summed E-state index contributed by atoms with van der Waals surface area (Å²) in [6.07, 6.45) is 4.01. The predicted molar refractivity (Wildman–Crippen MR) is 70.1 cm³/mol. The summed E-state index contributed by atoms with van der Waals surface area (Å²) >= 11 is 1.63. The van der Waals surface area contributed by atoms with Gasteiger partial charge in [-0.2, -0.15) is 11.8 Å². The van der Waals surface area contributed by atoms with Crippen molar-refractivity contribution in [1.29, 1.82) is 0 Å². The normalized spacial score (nSPS) is 14.1. The Morgan fingerprint density at radius 2 is 2.06 bits per heavy atom. The van der Waals surface area contributed by atoms with Gasteiger partial charge in [-0.3, -0.25) is 9.59 Å². The lowest BCUT2D eigenvalue weighted by Gasteiger charge is -2.19. The summed E-state index contributed by atoms with van der Waals surface area (Å²) in [6, 6.07) is -0.860. The van der Waals surface area contributed by atoms with Crippen LogP contribution in [0.4, 0.5) is 0 Å². The fraction of sp³-hybridized carbons (Fsp3) is 0.818. The van der Waals surface area contributed by atoms with E-state index in [1.807, 2.05) is 13.2 Å². The Kier molecular flexibility index (Phi) is 8.89. The number of aliphatic carboxylic acids is 1. The largest absolute Gasteiger partial charge is 0.481 e. The number of hydrogen-bond donors (Lipinski definition) is 3. The van der Waals surface area contributed by atoms with E-state index in [0.717, 1.165) is 12.2 Å². The average Bonchev–Trinajstić information content (AvgIpc) is 2.25. The molecule has 0 aliphatic rings. The predicted octanol–water partition coefficient (Wildman–Crippen LogP) is 0.826. The summed E-state index contributed by atoms with van der Waals surface area (Å²) in [5.74, 6) is -0.327. The number of hydrogen-bond acceptors (Lipinski definition) is 4. The minimum Gasteiger partial charge on any atom is -0.481 e. The van der Waals surface area contributed by atoms with Gasteiger partial charge < -0.3 is 16.2 Å². The van der Waals surface area contributed by atoms with E-state index in [1.165, 1.54) is 0 Å². The number of carbonyl (C=O) groups excluding carboxylic acids is 1. The van der Waals surface area contributed by atoms with E-state index in [0.29, 0.717) is 12.8 Å². The first-order valence-electron chi connectivity index (χ1n) is 5.77. The molecule has 0 spiro atoms. The number of rotatable bonds is 9. The Balaban J connectivity index is 4.13. The van der Waals surface area contributed by atoms with Crippen LogP contribution in [0.5, 0.6) is 0 Å². The van der Waals surface area contributed by atoms with Gasteiger partial charge in [0.25, 0.3) is 0 Å². The van der Waals surface area contributed by atoms with Crippen molar-refractivity contribution in [3.05, 3.63) is 0 Å². The second-order valence-electron chi connectivity index (χ2n) is 3.98. The first-order chi connectivity index (χ1) is 8.01. The van der Waals surface area contributed by atoms with Crippen LogP contribution in [0.3, 0.4) is 0 Å². The maximum atomic E-state index is 11.7. The van der Waals surface area contributed by atoms with Crippen LogP contribution in [0.15, 0.2) is 0 Å². The third kappa shape index (κ3) is 8.04. The van der Waals surface area contributed by atoms with E-state index in [-0.39, 0.29) is 18.4 Å². The van der Waals surface area contributed by atoms with Gasteiger partial charge in [0.05, 0.1) is 12.5 Å². The van der Waals surface area contributed by atoms with Crippen molar-refractivity contribution in [3.63, 3.8) is 0 Å². The van der Waals surface area contributed by atoms with Crippen molar-refractivity contribution in [2.24, 2.45) is 5.73 Å². The third-order valence-electron chi connectivity index (χ3n) is 2.37. The molecular weight excluding hydrogens is 240 g/mol. The molecule has 100 valence electrons. The quantitative estimate of drug-likeness (QED) is 0.572. The fourth-order valence-corrected chi connectivity index (χ4v) is 1.96. The number of carbonyl (C=O) groups is 2. The summed E-state index contributed by atoms with van der Waals surface area (Å²) in [6.45, 7) is 1.95. The molecule has 0 bridgehead atoms. The van der Waals surface area contributed by atoms with Crippen molar-refractivity contribution in [2.45, 2.75) is 44.7 Å². The molecule has 0 saturated carbocycles. The number of carboxylic acid groups (broad SMARTS) is 1. The lowest BCUT2D eigenvalue weighted by molar-refractivity contribution is -0.137. The molecule has 5 nitrogen and oxygen atoms in total. The van der Waals surface area contributed by atoms with Crippen molar-refractivity contribution in [2.75, 3.05) is 12.0 Å². The maximum absolute atomic E-state index is 11.7. The van der Waals surface area contributed by atoms with Gasteiger partial charge in [-0.1, -0.05) is 13.3 Å². The number of carboxylic acids is 1. The second kappa shape index (κ2) is 9.30. The van der Waals surface area contributed by atoms with Crippen molar-refractivity contribution in [3.8, 4) is 0 Å². The van der Waals surface area contributed by atoms with Gasteiger partial charge in [0, 0.05) is 6.04 Å². The lowest BCUT2D eigenvalue weighted by Crippen LogP contribution is -2.46. The smallest absolute Gasteiger partial charge is 0.305 e. The van der Waals surface area contributed by atoms with Crippen LogP contribution < -0.4 is 11.1 Å². The average molecular weight is 262 g/mol. The SMILES string of the molecule is CCCC(CC(=O)O)NC(=O)[C@@H](N)CCSC. The molecule has 0 radical (unpaired) electrons. The molecule has 0 aliphatic heterocycles. The van der Waals surface area contributed by atoms with Crippen molar-refractivity contribution in [1.82, 2.24) is 5.32 Å². The van der Waals surface area contributed by atoms with Crippen LogP contribution in [0.25, 0.3) is 0 Å². The highest BCUT2D eigenvalue weighted by atomic mass is 32.2. The van der Waals surface area contributed by atoms with Gasteiger partial charge in [0.2, 0.25) is 5.91 Å². The van der Waals surface area contributed by atoms with Crippen LogP contribution >= 0.6 is 11.8 Å². The summed E-state index contributed by atoms with van der Waals surface area (Å²) < 4.78 is 0. The highest BCUT2D eigenvalue weighted by Gasteiger charge is 2.19. The molecule has 0 fully saturated rings. The Morgan fingerprint density at radius 3 is 2.53 bits per heavy atom. The summed E-state index contributed by atoms with van der Waals surface area (Å²) in [4.78, 5) is 22.3. The molecule has 1 amide bonds.